The van der Waals surface area contributed by atoms with Gasteiger partial charge in [-0.2, -0.15) is 10.1 Å². The molecule has 0 aliphatic rings. The molecule has 0 radical (unpaired) electrons. The average molecular weight is 457 g/mol. The zero-order valence-electron chi connectivity index (χ0n) is 17.2. The van der Waals surface area contributed by atoms with Crippen molar-refractivity contribution in [3.63, 3.8) is 0 Å². The van der Waals surface area contributed by atoms with Crippen molar-refractivity contribution in [1.82, 2.24) is 25.0 Å². The van der Waals surface area contributed by atoms with Crippen LogP contribution in [0.5, 0.6) is 0 Å². The number of anilines is 2. The van der Waals surface area contributed by atoms with Gasteiger partial charge in [0.05, 0.1) is 0 Å². The molecule has 0 bridgehead atoms. The van der Waals surface area contributed by atoms with E-state index in [4.69, 9.17) is 16.0 Å². The Morgan fingerprint density at radius 1 is 0.818 bits per heavy atom. The maximum absolute atomic E-state index is 12.8. The highest BCUT2D eigenvalue weighted by molar-refractivity contribution is 6.30. The van der Waals surface area contributed by atoms with E-state index in [1.807, 2.05) is 60.7 Å². The highest BCUT2D eigenvalue weighted by Crippen LogP contribution is 2.27. The lowest BCUT2D eigenvalue weighted by atomic mass is 10.0. The van der Waals surface area contributed by atoms with Crippen LogP contribution in [0.3, 0.4) is 0 Å². The van der Waals surface area contributed by atoms with Gasteiger partial charge in [-0.1, -0.05) is 77.4 Å². The number of hydrogen-bond donors (Lipinski definition) is 1. The van der Waals surface area contributed by atoms with E-state index >= 15 is 0 Å². The smallest absolute Gasteiger partial charge is 0.365 e. The van der Waals surface area contributed by atoms with Crippen molar-refractivity contribution in [3.8, 4) is 22.5 Å². The largest absolute Gasteiger partial charge is 0.406 e. The molecule has 0 unspecified atom stereocenters. The molecule has 162 valence electrons. The van der Waals surface area contributed by atoms with Gasteiger partial charge in [-0.15, -0.1) is 5.10 Å². The molecule has 3 aromatic carbocycles. The van der Waals surface area contributed by atoms with Gasteiger partial charge in [-0.25, -0.2) is 9.48 Å². The third kappa shape index (κ3) is 4.65. The molecule has 0 fully saturated rings. The molecule has 2 aromatic heterocycles. The van der Waals surface area contributed by atoms with E-state index in [2.05, 4.69) is 25.6 Å². The van der Waals surface area contributed by atoms with Crippen LogP contribution < -0.4 is 11.0 Å². The number of nitrogens with one attached hydrogen (secondary N) is 1. The molecule has 0 amide bonds. The van der Waals surface area contributed by atoms with E-state index < -0.39 is 5.69 Å². The van der Waals surface area contributed by atoms with E-state index in [1.165, 1.54) is 4.68 Å². The molecule has 0 saturated heterocycles. The molecule has 1 N–H and O–H groups in total. The molecule has 0 aliphatic heterocycles. The Morgan fingerprint density at radius 2 is 1.45 bits per heavy atom. The lowest BCUT2D eigenvalue weighted by molar-refractivity contribution is 0.463. The summed E-state index contributed by atoms with van der Waals surface area (Å²) in [4.78, 5) is 17.1. The van der Waals surface area contributed by atoms with Crippen molar-refractivity contribution in [1.29, 1.82) is 0 Å². The van der Waals surface area contributed by atoms with Gasteiger partial charge in [0.25, 0.3) is 0 Å². The summed E-state index contributed by atoms with van der Waals surface area (Å²) in [6.07, 6.45) is 0. The third-order valence-electron chi connectivity index (χ3n) is 4.82. The minimum absolute atomic E-state index is 0.0178. The fourth-order valence-electron chi connectivity index (χ4n) is 3.26. The fraction of sp³-hybridized carbons (Fsp3) is 0.0417. The lowest BCUT2D eigenvalue weighted by Gasteiger charge is -2.10. The Morgan fingerprint density at radius 3 is 2.12 bits per heavy atom. The van der Waals surface area contributed by atoms with Gasteiger partial charge in [0, 0.05) is 21.8 Å². The Labute approximate surface area is 193 Å². The molecular formula is C24H17ClN6O2. The van der Waals surface area contributed by atoms with Gasteiger partial charge in [0.15, 0.2) is 0 Å². The Kier molecular flexibility index (Phi) is 5.65. The first-order chi connectivity index (χ1) is 16.2. The standard InChI is InChI=1S/C24H17ClN6O2/c25-18-11-13-19(14-12-18)26-23-29-28-20(33-23)15-31-24(32)27-21(16-7-3-1-4-8-16)22(30-31)17-9-5-2-6-10-17/h1-14H,15H2,(H,26,29). The summed E-state index contributed by atoms with van der Waals surface area (Å²) < 4.78 is 6.86. The van der Waals surface area contributed by atoms with Gasteiger partial charge in [0.1, 0.15) is 17.9 Å². The van der Waals surface area contributed by atoms with Crippen LogP contribution in [0.1, 0.15) is 5.89 Å². The zero-order chi connectivity index (χ0) is 22.6. The summed E-state index contributed by atoms with van der Waals surface area (Å²) in [7, 11) is 0. The van der Waals surface area contributed by atoms with Crippen molar-refractivity contribution in [2.24, 2.45) is 0 Å². The van der Waals surface area contributed by atoms with Crippen LogP contribution >= 0.6 is 11.6 Å². The Bertz CT molecular complexity index is 1430. The van der Waals surface area contributed by atoms with Crippen LogP contribution in [-0.2, 0) is 6.54 Å². The molecule has 9 heteroatoms. The second-order valence-corrected chi connectivity index (χ2v) is 7.55. The summed E-state index contributed by atoms with van der Waals surface area (Å²) in [5.74, 6) is 0.217. The molecule has 33 heavy (non-hydrogen) atoms. The molecule has 5 aromatic rings. The first-order valence-corrected chi connectivity index (χ1v) is 10.5. The van der Waals surface area contributed by atoms with E-state index in [0.29, 0.717) is 16.4 Å². The maximum atomic E-state index is 12.8. The van der Waals surface area contributed by atoms with Crippen LogP contribution in [0, 0.1) is 0 Å². The van der Waals surface area contributed by atoms with Gasteiger partial charge in [0.2, 0.25) is 5.89 Å². The molecule has 2 heterocycles. The average Bonchev–Trinajstić information content (AvgIpc) is 3.29. The van der Waals surface area contributed by atoms with Crippen molar-refractivity contribution >= 4 is 23.3 Å². The van der Waals surface area contributed by atoms with Crippen LogP contribution in [0.4, 0.5) is 11.7 Å². The normalized spacial score (nSPS) is 10.8. The monoisotopic (exact) mass is 456 g/mol. The number of rotatable bonds is 6. The van der Waals surface area contributed by atoms with Gasteiger partial charge < -0.3 is 9.73 Å². The molecule has 0 atom stereocenters. The van der Waals surface area contributed by atoms with Crippen molar-refractivity contribution < 1.29 is 4.42 Å². The second-order valence-electron chi connectivity index (χ2n) is 7.11. The Balaban J connectivity index is 1.47. The predicted octanol–water partition coefficient (Wildman–Crippen LogP) is 4.80. The van der Waals surface area contributed by atoms with Gasteiger partial charge in [-0.05, 0) is 24.3 Å². The molecule has 5 rings (SSSR count). The SMILES string of the molecule is O=c1nc(-c2ccccc2)c(-c2ccccc2)nn1Cc1nnc(Nc2ccc(Cl)cc2)o1. The van der Waals surface area contributed by atoms with Crippen LogP contribution in [0.2, 0.25) is 5.02 Å². The first kappa shape index (κ1) is 20.6. The number of benzene rings is 3. The summed E-state index contributed by atoms with van der Waals surface area (Å²) in [6, 6.07) is 26.3. The number of aromatic nitrogens is 5. The third-order valence-corrected chi connectivity index (χ3v) is 5.07. The van der Waals surface area contributed by atoms with Crippen LogP contribution in [0.15, 0.2) is 94.1 Å². The summed E-state index contributed by atoms with van der Waals surface area (Å²) >= 11 is 5.91. The number of nitrogens with zero attached hydrogens (tertiary/aromatic N) is 5. The van der Waals surface area contributed by atoms with E-state index in [0.717, 1.165) is 16.8 Å². The lowest BCUT2D eigenvalue weighted by Crippen LogP contribution is -2.27. The van der Waals surface area contributed by atoms with Crippen molar-refractivity contribution in [2.45, 2.75) is 6.54 Å². The van der Waals surface area contributed by atoms with Crippen LogP contribution in [-0.4, -0.2) is 25.0 Å². The summed E-state index contributed by atoms with van der Waals surface area (Å²) in [5.41, 5.74) is 2.97. The summed E-state index contributed by atoms with van der Waals surface area (Å²) in [5, 5.41) is 16.2. The minimum atomic E-state index is -0.515. The Hall–Kier alpha value is -4.30. The van der Waals surface area contributed by atoms with E-state index in [-0.39, 0.29) is 18.5 Å². The second kappa shape index (κ2) is 9.05. The fourth-order valence-corrected chi connectivity index (χ4v) is 3.39. The highest BCUT2D eigenvalue weighted by Gasteiger charge is 2.16. The van der Waals surface area contributed by atoms with Gasteiger partial charge >= 0.3 is 11.7 Å². The van der Waals surface area contributed by atoms with Crippen molar-refractivity contribution in [2.75, 3.05) is 5.32 Å². The molecule has 0 aliphatic carbocycles. The maximum Gasteiger partial charge on any atom is 0.365 e. The summed E-state index contributed by atoms with van der Waals surface area (Å²) in [6.45, 7) is -0.0178. The number of hydrogen-bond acceptors (Lipinski definition) is 7. The topological polar surface area (TPSA) is 98.7 Å². The molecule has 0 spiro atoms. The van der Waals surface area contributed by atoms with Crippen LogP contribution in [0.25, 0.3) is 22.5 Å². The molecule has 8 nitrogen and oxygen atoms in total. The minimum Gasteiger partial charge on any atom is -0.406 e. The zero-order valence-corrected chi connectivity index (χ0v) is 18.0. The first-order valence-electron chi connectivity index (χ1n) is 10.1. The predicted molar refractivity (Wildman–Crippen MR) is 125 cm³/mol. The van der Waals surface area contributed by atoms with Crippen molar-refractivity contribution in [3.05, 3.63) is 106 Å². The highest BCUT2D eigenvalue weighted by atomic mass is 35.5. The molecular weight excluding hydrogens is 440 g/mol. The van der Waals surface area contributed by atoms with E-state index in [9.17, 15) is 4.79 Å². The van der Waals surface area contributed by atoms with E-state index in [1.54, 1.807) is 24.3 Å². The van der Waals surface area contributed by atoms with Gasteiger partial charge in [-0.3, -0.25) is 0 Å². The molecule has 0 saturated carbocycles. The quantitative estimate of drug-likeness (QED) is 0.391. The number of halogens is 1.